The summed E-state index contributed by atoms with van der Waals surface area (Å²) >= 11 is 0. The number of pyridine rings is 1. The van der Waals surface area contributed by atoms with Crippen molar-refractivity contribution in [2.75, 3.05) is 6.54 Å². The van der Waals surface area contributed by atoms with Crippen LogP contribution in [0.4, 0.5) is 13.2 Å². The van der Waals surface area contributed by atoms with Crippen molar-refractivity contribution >= 4 is 16.8 Å². The number of aryl methyl sites for hydroxylation is 1. The Bertz CT molecular complexity index is 1040. The van der Waals surface area contributed by atoms with Gasteiger partial charge in [0, 0.05) is 23.2 Å². The van der Waals surface area contributed by atoms with Crippen LogP contribution in [-0.4, -0.2) is 17.4 Å². The number of hydrogen-bond acceptors (Lipinski definition) is 2. The van der Waals surface area contributed by atoms with E-state index in [-0.39, 0.29) is 17.7 Å². The van der Waals surface area contributed by atoms with Crippen LogP contribution in [0.15, 0.2) is 53.3 Å². The molecule has 0 bridgehead atoms. The first kappa shape index (κ1) is 18.7. The Morgan fingerprint density at radius 2 is 1.78 bits per heavy atom. The quantitative estimate of drug-likeness (QED) is 0.729. The van der Waals surface area contributed by atoms with Crippen molar-refractivity contribution in [1.82, 2.24) is 10.3 Å². The predicted octanol–water partition coefficient (Wildman–Crippen LogP) is 3.83. The molecule has 0 spiro atoms. The molecule has 27 heavy (non-hydrogen) atoms. The zero-order chi connectivity index (χ0) is 19.6. The van der Waals surface area contributed by atoms with E-state index in [9.17, 15) is 22.8 Å². The summed E-state index contributed by atoms with van der Waals surface area (Å²) in [6.07, 6.45) is -4.13. The van der Waals surface area contributed by atoms with E-state index in [1.165, 1.54) is 0 Å². The molecule has 1 aromatic heterocycles. The minimum absolute atomic E-state index is 0.131. The summed E-state index contributed by atoms with van der Waals surface area (Å²) in [5, 5.41) is 3.52. The van der Waals surface area contributed by atoms with Crippen molar-refractivity contribution in [2.45, 2.75) is 19.5 Å². The summed E-state index contributed by atoms with van der Waals surface area (Å²) < 4.78 is 37.7. The first-order valence-corrected chi connectivity index (χ1v) is 8.32. The zero-order valence-corrected chi connectivity index (χ0v) is 14.5. The molecule has 4 nitrogen and oxygen atoms in total. The average Bonchev–Trinajstić information content (AvgIpc) is 2.61. The lowest BCUT2D eigenvalue weighted by molar-refractivity contribution is -0.137. The lowest BCUT2D eigenvalue weighted by Crippen LogP contribution is -2.27. The highest BCUT2D eigenvalue weighted by molar-refractivity contribution is 5.94. The molecule has 0 fully saturated rings. The van der Waals surface area contributed by atoms with Crippen LogP contribution in [-0.2, 0) is 12.6 Å². The molecule has 1 heterocycles. The minimum Gasteiger partial charge on any atom is -0.352 e. The van der Waals surface area contributed by atoms with Crippen molar-refractivity contribution in [3.05, 3.63) is 81.1 Å². The van der Waals surface area contributed by atoms with Crippen molar-refractivity contribution in [3.63, 3.8) is 0 Å². The van der Waals surface area contributed by atoms with Crippen LogP contribution in [0.25, 0.3) is 10.9 Å². The SMILES string of the molecule is Cc1ccc2[nH]c(=O)c(CCNC(=O)c3ccc(C(F)(F)F)cc3)cc2c1. The summed E-state index contributed by atoms with van der Waals surface area (Å²) in [7, 11) is 0. The second-order valence-electron chi connectivity index (χ2n) is 6.30. The number of alkyl halides is 3. The molecule has 0 aliphatic heterocycles. The molecule has 0 unspecified atom stereocenters. The number of carbonyl (C=O) groups is 1. The van der Waals surface area contributed by atoms with Gasteiger partial charge in [0.2, 0.25) is 0 Å². The van der Waals surface area contributed by atoms with Gasteiger partial charge < -0.3 is 10.3 Å². The van der Waals surface area contributed by atoms with Crippen molar-refractivity contribution in [2.24, 2.45) is 0 Å². The maximum Gasteiger partial charge on any atom is 0.416 e. The van der Waals surface area contributed by atoms with Crippen molar-refractivity contribution in [1.29, 1.82) is 0 Å². The Hall–Kier alpha value is -3.09. The third kappa shape index (κ3) is 4.36. The first-order valence-electron chi connectivity index (χ1n) is 8.32. The third-order valence-electron chi connectivity index (χ3n) is 4.23. The second kappa shape index (κ2) is 7.26. The highest BCUT2D eigenvalue weighted by atomic mass is 19.4. The van der Waals surface area contributed by atoms with Crippen LogP contribution < -0.4 is 10.9 Å². The number of halogens is 3. The van der Waals surface area contributed by atoms with E-state index in [4.69, 9.17) is 0 Å². The number of rotatable bonds is 4. The Labute approximate surface area is 153 Å². The van der Waals surface area contributed by atoms with Gasteiger partial charge in [-0.3, -0.25) is 9.59 Å². The Kier molecular flexibility index (Phi) is 5.03. The number of hydrogen-bond donors (Lipinski definition) is 2. The molecule has 2 N–H and O–H groups in total. The van der Waals surface area contributed by atoms with Crippen LogP contribution in [0.2, 0.25) is 0 Å². The summed E-state index contributed by atoms with van der Waals surface area (Å²) in [6.45, 7) is 2.15. The van der Waals surface area contributed by atoms with Crippen molar-refractivity contribution in [3.8, 4) is 0 Å². The number of amides is 1. The van der Waals surface area contributed by atoms with E-state index >= 15 is 0 Å². The molecular formula is C20H17F3N2O2. The topological polar surface area (TPSA) is 62.0 Å². The van der Waals surface area contributed by atoms with Crippen molar-refractivity contribution < 1.29 is 18.0 Å². The molecule has 0 radical (unpaired) electrons. The Morgan fingerprint density at radius 3 is 2.44 bits per heavy atom. The van der Waals surface area contributed by atoms with E-state index in [0.29, 0.717) is 12.0 Å². The molecule has 3 rings (SSSR count). The molecule has 7 heteroatoms. The average molecular weight is 374 g/mol. The fourth-order valence-electron chi connectivity index (χ4n) is 2.78. The normalized spacial score (nSPS) is 11.6. The fraction of sp³-hybridized carbons (Fsp3) is 0.200. The van der Waals surface area contributed by atoms with Crippen LogP contribution in [0, 0.1) is 6.92 Å². The largest absolute Gasteiger partial charge is 0.416 e. The van der Waals surface area contributed by atoms with Gasteiger partial charge in [-0.05, 0) is 61.2 Å². The molecule has 0 saturated carbocycles. The van der Waals surface area contributed by atoms with E-state index < -0.39 is 17.6 Å². The van der Waals surface area contributed by atoms with Crippen LogP contribution >= 0.6 is 0 Å². The summed E-state index contributed by atoms with van der Waals surface area (Å²) in [6, 6.07) is 11.5. The van der Waals surface area contributed by atoms with E-state index in [0.717, 1.165) is 40.7 Å². The van der Waals surface area contributed by atoms with E-state index in [1.807, 2.05) is 25.1 Å². The van der Waals surface area contributed by atoms with Gasteiger partial charge in [-0.2, -0.15) is 13.2 Å². The van der Waals surface area contributed by atoms with Crippen LogP contribution in [0.1, 0.15) is 27.0 Å². The number of benzene rings is 2. The zero-order valence-electron chi connectivity index (χ0n) is 14.5. The maximum atomic E-state index is 12.6. The number of nitrogens with one attached hydrogen (secondary N) is 2. The highest BCUT2D eigenvalue weighted by Crippen LogP contribution is 2.29. The molecule has 0 aliphatic carbocycles. The third-order valence-corrected chi connectivity index (χ3v) is 4.23. The standard InChI is InChI=1S/C20H17F3N2O2/c1-12-2-7-17-15(10-12)11-14(19(27)25-17)8-9-24-18(26)13-3-5-16(6-4-13)20(21,22)23/h2-7,10-11H,8-9H2,1H3,(H,24,26)(H,25,27). The number of fused-ring (bicyclic) bond motifs is 1. The van der Waals surface area contributed by atoms with Crippen LogP contribution in [0.3, 0.4) is 0 Å². The fourth-order valence-corrected chi connectivity index (χ4v) is 2.78. The van der Waals surface area contributed by atoms with Gasteiger partial charge in [0.15, 0.2) is 0 Å². The van der Waals surface area contributed by atoms with Gasteiger partial charge in [-0.25, -0.2) is 0 Å². The number of aromatic amines is 1. The second-order valence-corrected chi connectivity index (χ2v) is 6.30. The van der Waals surface area contributed by atoms with Gasteiger partial charge in [0.1, 0.15) is 0 Å². The molecule has 2 aromatic carbocycles. The molecule has 140 valence electrons. The van der Waals surface area contributed by atoms with Gasteiger partial charge in [-0.1, -0.05) is 11.6 Å². The summed E-state index contributed by atoms with van der Waals surface area (Å²) in [5.41, 5.74) is 1.43. The van der Waals surface area contributed by atoms with E-state index in [1.54, 1.807) is 6.07 Å². The lowest BCUT2D eigenvalue weighted by Gasteiger charge is -2.09. The number of carbonyl (C=O) groups excluding carboxylic acids is 1. The molecule has 1 amide bonds. The van der Waals surface area contributed by atoms with Gasteiger partial charge in [0.05, 0.1) is 5.56 Å². The maximum absolute atomic E-state index is 12.6. The molecule has 0 atom stereocenters. The lowest BCUT2D eigenvalue weighted by atomic mass is 10.1. The first-order chi connectivity index (χ1) is 12.7. The van der Waals surface area contributed by atoms with Crippen LogP contribution in [0.5, 0.6) is 0 Å². The Balaban J connectivity index is 1.65. The highest BCUT2D eigenvalue weighted by Gasteiger charge is 2.30. The number of aromatic nitrogens is 1. The summed E-state index contributed by atoms with van der Waals surface area (Å²) in [4.78, 5) is 27.0. The van der Waals surface area contributed by atoms with Gasteiger partial charge >= 0.3 is 6.18 Å². The number of H-pyrrole nitrogens is 1. The molecular weight excluding hydrogens is 357 g/mol. The molecule has 3 aromatic rings. The smallest absolute Gasteiger partial charge is 0.352 e. The minimum atomic E-state index is -4.44. The monoisotopic (exact) mass is 374 g/mol. The van der Waals surface area contributed by atoms with Gasteiger partial charge in [-0.15, -0.1) is 0 Å². The predicted molar refractivity (Wildman–Crippen MR) is 96.8 cm³/mol. The van der Waals surface area contributed by atoms with Gasteiger partial charge in [0.25, 0.3) is 11.5 Å². The summed E-state index contributed by atoms with van der Waals surface area (Å²) in [5.74, 6) is -0.489. The Morgan fingerprint density at radius 1 is 1.07 bits per heavy atom. The molecule has 0 saturated heterocycles. The molecule has 0 aliphatic rings. The van der Waals surface area contributed by atoms with E-state index in [2.05, 4.69) is 10.3 Å².